The summed E-state index contributed by atoms with van der Waals surface area (Å²) in [6.07, 6.45) is 3.79. The average molecular weight is 305 g/mol. The third kappa shape index (κ3) is 2.03. The van der Waals surface area contributed by atoms with E-state index < -0.39 is 0 Å². The van der Waals surface area contributed by atoms with Crippen LogP contribution in [-0.4, -0.2) is 17.5 Å². The number of Topliss-reactive ketones (excluding diaryl/α,β-unsaturated/α-hetero) is 1. The molecule has 23 heavy (non-hydrogen) atoms. The van der Waals surface area contributed by atoms with Crippen LogP contribution in [0, 0.1) is 0 Å². The molecule has 0 unspecified atom stereocenters. The fourth-order valence-electron chi connectivity index (χ4n) is 2.97. The molecular formula is C19H15NO3. The molecule has 1 aromatic heterocycles. The number of methoxy groups -OCH3 is 1. The van der Waals surface area contributed by atoms with E-state index >= 15 is 0 Å². The third-order valence-corrected chi connectivity index (χ3v) is 4.09. The molecule has 0 bridgehead atoms. The zero-order valence-corrected chi connectivity index (χ0v) is 12.9. The molecule has 0 spiro atoms. The summed E-state index contributed by atoms with van der Waals surface area (Å²) in [6, 6.07) is 13.4. The van der Waals surface area contributed by atoms with Crippen molar-refractivity contribution in [2.24, 2.45) is 7.05 Å². The number of rotatable bonds is 2. The molecule has 4 heteroatoms. The summed E-state index contributed by atoms with van der Waals surface area (Å²) in [6.45, 7) is 0. The van der Waals surface area contributed by atoms with Crippen molar-refractivity contribution >= 4 is 22.8 Å². The Labute approximate surface area is 133 Å². The number of nitrogens with zero attached hydrogens (tertiary/aromatic N) is 1. The second kappa shape index (κ2) is 5.02. The number of fused-ring (bicyclic) bond motifs is 2. The first-order chi connectivity index (χ1) is 11.2. The highest BCUT2D eigenvalue weighted by Gasteiger charge is 2.30. The van der Waals surface area contributed by atoms with Gasteiger partial charge in [-0.3, -0.25) is 4.79 Å². The van der Waals surface area contributed by atoms with Gasteiger partial charge >= 0.3 is 0 Å². The highest BCUT2D eigenvalue weighted by molar-refractivity contribution is 6.15. The molecule has 0 N–H and O–H groups in total. The van der Waals surface area contributed by atoms with Crippen LogP contribution >= 0.6 is 0 Å². The predicted molar refractivity (Wildman–Crippen MR) is 88.8 cm³/mol. The summed E-state index contributed by atoms with van der Waals surface area (Å²) in [5.74, 6) is 1.26. The Balaban J connectivity index is 1.83. The number of benzene rings is 2. The maximum absolute atomic E-state index is 12.6. The van der Waals surface area contributed by atoms with Gasteiger partial charge in [-0.05, 0) is 24.3 Å². The first-order valence-corrected chi connectivity index (χ1v) is 7.34. The van der Waals surface area contributed by atoms with Gasteiger partial charge in [-0.1, -0.05) is 24.3 Å². The molecule has 0 fully saturated rings. The fourth-order valence-corrected chi connectivity index (χ4v) is 2.97. The number of ether oxygens (including phenoxy) is 2. The molecule has 4 nitrogen and oxygen atoms in total. The van der Waals surface area contributed by atoms with E-state index in [1.165, 1.54) is 0 Å². The van der Waals surface area contributed by atoms with Gasteiger partial charge in [-0.2, -0.15) is 0 Å². The van der Waals surface area contributed by atoms with E-state index in [0.717, 1.165) is 16.5 Å². The van der Waals surface area contributed by atoms with Crippen molar-refractivity contribution < 1.29 is 14.3 Å². The number of aryl methyl sites for hydroxylation is 1. The van der Waals surface area contributed by atoms with Crippen molar-refractivity contribution in [2.45, 2.75) is 0 Å². The van der Waals surface area contributed by atoms with E-state index in [1.54, 1.807) is 31.4 Å². The van der Waals surface area contributed by atoms with Crippen LogP contribution in [0.5, 0.6) is 11.5 Å². The highest BCUT2D eigenvalue weighted by Crippen LogP contribution is 2.39. The van der Waals surface area contributed by atoms with Crippen molar-refractivity contribution in [2.75, 3.05) is 7.11 Å². The minimum Gasteiger partial charge on any atom is -0.493 e. The molecule has 0 radical (unpaired) electrons. The van der Waals surface area contributed by atoms with Crippen LogP contribution in [0.3, 0.4) is 0 Å². The molecule has 1 aliphatic heterocycles. The van der Waals surface area contributed by atoms with Crippen molar-refractivity contribution in [3.05, 3.63) is 65.5 Å². The van der Waals surface area contributed by atoms with Gasteiger partial charge in [0.2, 0.25) is 5.78 Å². The molecule has 0 aliphatic carbocycles. The summed E-state index contributed by atoms with van der Waals surface area (Å²) in [5.41, 5.74) is 2.61. The maximum Gasteiger partial charge on any atom is 0.232 e. The lowest BCUT2D eigenvalue weighted by atomic mass is 10.1. The Hall–Kier alpha value is -3.01. The smallest absolute Gasteiger partial charge is 0.232 e. The molecule has 0 amide bonds. The fraction of sp³-hybridized carbons (Fsp3) is 0.105. The zero-order chi connectivity index (χ0) is 16.0. The summed E-state index contributed by atoms with van der Waals surface area (Å²) in [7, 11) is 3.55. The Morgan fingerprint density at radius 3 is 2.78 bits per heavy atom. The quantitative estimate of drug-likeness (QED) is 0.676. The van der Waals surface area contributed by atoms with Crippen LogP contribution < -0.4 is 9.47 Å². The molecule has 4 rings (SSSR count). The number of carbonyl (C=O) groups is 1. The number of allylic oxidation sites excluding steroid dienone is 1. The predicted octanol–water partition coefficient (Wildman–Crippen LogP) is 3.80. The summed E-state index contributed by atoms with van der Waals surface area (Å²) in [5, 5.41) is 1.09. The average Bonchev–Trinajstić information content (AvgIpc) is 3.07. The zero-order valence-electron chi connectivity index (χ0n) is 12.9. The van der Waals surface area contributed by atoms with Gasteiger partial charge in [0, 0.05) is 29.7 Å². The van der Waals surface area contributed by atoms with Gasteiger partial charge in [0.05, 0.1) is 12.7 Å². The van der Waals surface area contributed by atoms with Crippen LogP contribution in [0.4, 0.5) is 0 Å². The molecule has 2 aromatic carbocycles. The lowest BCUT2D eigenvalue weighted by molar-refractivity contribution is 0.101. The molecule has 0 saturated carbocycles. The maximum atomic E-state index is 12.6. The summed E-state index contributed by atoms with van der Waals surface area (Å²) < 4.78 is 13.1. The number of aromatic nitrogens is 1. The van der Waals surface area contributed by atoms with Crippen LogP contribution in [0.1, 0.15) is 15.9 Å². The van der Waals surface area contributed by atoms with E-state index in [-0.39, 0.29) is 5.78 Å². The molecule has 114 valence electrons. The summed E-state index contributed by atoms with van der Waals surface area (Å²) in [4.78, 5) is 12.6. The molecule has 0 saturated heterocycles. The minimum absolute atomic E-state index is 0.119. The number of hydrogen-bond acceptors (Lipinski definition) is 3. The van der Waals surface area contributed by atoms with E-state index in [2.05, 4.69) is 0 Å². The van der Waals surface area contributed by atoms with Gasteiger partial charge in [-0.25, -0.2) is 0 Å². The van der Waals surface area contributed by atoms with E-state index in [4.69, 9.17) is 9.47 Å². The van der Waals surface area contributed by atoms with Gasteiger partial charge < -0.3 is 14.0 Å². The number of hydrogen-bond donors (Lipinski definition) is 0. The van der Waals surface area contributed by atoms with E-state index in [0.29, 0.717) is 22.8 Å². The van der Waals surface area contributed by atoms with E-state index in [9.17, 15) is 4.79 Å². The lowest BCUT2D eigenvalue weighted by Gasteiger charge is -2.04. The first kappa shape index (κ1) is 13.6. The highest BCUT2D eigenvalue weighted by atomic mass is 16.5. The van der Waals surface area contributed by atoms with E-state index in [1.807, 2.05) is 42.1 Å². The second-order valence-corrected chi connectivity index (χ2v) is 5.49. The van der Waals surface area contributed by atoms with Gasteiger partial charge in [0.1, 0.15) is 0 Å². The number of carbonyl (C=O) groups excluding carboxylic acids is 1. The minimum atomic E-state index is -0.119. The van der Waals surface area contributed by atoms with Gasteiger partial charge in [-0.15, -0.1) is 0 Å². The van der Waals surface area contributed by atoms with Gasteiger partial charge in [0.25, 0.3) is 0 Å². The van der Waals surface area contributed by atoms with Crippen molar-refractivity contribution in [3.63, 3.8) is 0 Å². The van der Waals surface area contributed by atoms with Crippen LogP contribution in [0.2, 0.25) is 0 Å². The molecule has 1 aliphatic rings. The topological polar surface area (TPSA) is 40.5 Å². The van der Waals surface area contributed by atoms with Gasteiger partial charge in [0.15, 0.2) is 17.3 Å². The molecule has 3 aromatic rings. The number of ketones is 1. The molecular weight excluding hydrogens is 290 g/mol. The monoisotopic (exact) mass is 305 g/mol. The Morgan fingerprint density at radius 2 is 1.96 bits per heavy atom. The standard InChI is InChI=1S/C19H15NO3/c1-20-11-12(13-6-3-4-8-15(13)20)10-17-18(21)14-7-5-9-16(22-2)19(14)23-17/h3-11H,1-2H3/b17-10+. The molecule has 2 heterocycles. The number of para-hydroxylation sites is 2. The third-order valence-electron chi connectivity index (χ3n) is 4.09. The Kier molecular flexibility index (Phi) is 2.98. The summed E-state index contributed by atoms with van der Waals surface area (Å²) >= 11 is 0. The van der Waals surface area contributed by atoms with Crippen molar-refractivity contribution in [1.29, 1.82) is 0 Å². The molecule has 0 atom stereocenters. The van der Waals surface area contributed by atoms with Crippen molar-refractivity contribution in [1.82, 2.24) is 4.57 Å². The Morgan fingerprint density at radius 1 is 1.13 bits per heavy atom. The van der Waals surface area contributed by atoms with Crippen LogP contribution in [-0.2, 0) is 7.05 Å². The van der Waals surface area contributed by atoms with Crippen LogP contribution in [0.15, 0.2) is 54.4 Å². The Bertz CT molecular complexity index is 966. The van der Waals surface area contributed by atoms with Crippen LogP contribution in [0.25, 0.3) is 17.0 Å². The normalized spacial score (nSPS) is 15.0. The SMILES string of the molecule is COc1cccc2c1O/C(=C/c1cn(C)c3ccccc13)C2=O. The van der Waals surface area contributed by atoms with Crippen molar-refractivity contribution in [3.8, 4) is 11.5 Å². The lowest BCUT2D eigenvalue weighted by Crippen LogP contribution is -1.97. The second-order valence-electron chi connectivity index (χ2n) is 5.49. The largest absolute Gasteiger partial charge is 0.493 e. The first-order valence-electron chi connectivity index (χ1n) is 7.34.